The van der Waals surface area contributed by atoms with E-state index in [0.717, 1.165) is 0 Å². The maximum atomic E-state index is 2.25. The van der Waals surface area contributed by atoms with E-state index in [2.05, 4.69) is 63.4 Å². The lowest BCUT2D eigenvalue weighted by Gasteiger charge is -2.19. The first-order valence-electron chi connectivity index (χ1n) is 5.63. The van der Waals surface area contributed by atoms with Crippen molar-refractivity contribution in [1.29, 1.82) is 0 Å². The summed E-state index contributed by atoms with van der Waals surface area (Å²) >= 11 is 1.82. The Hall–Kier alpha value is -1.08. The molecule has 0 amide bonds. The molecule has 0 N–H and O–H groups in total. The fourth-order valence-electron chi connectivity index (χ4n) is 1.79. The fraction of sp³-hybridized carbons (Fsp3) is 0.333. The summed E-state index contributed by atoms with van der Waals surface area (Å²) in [4.78, 5) is 1.39. The molecule has 0 aliphatic carbocycles. The number of hydrogen-bond acceptors (Lipinski definition) is 1. The zero-order valence-electron chi connectivity index (χ0n) is 10.4. The molecule has 1 heterocycles. The van der Waals surface area contributed by atoms with Crippen LogP contribution < -0.4 is 0 Å². The Bertz CT molecular complexity index is 469. The van der Waals surface area contributed by atoms with Gasteiger partial charge < -0.3 is 0 Å². The van der Waals surface area contributed by atoms with Gasteiger partial charge in [-0.25, -0.2) is 0 Å². The number of rotatable bonds is 1. The van der Waals surface area contributed by atoms with Crippen LogP contribution in [0.4, 0.5) is 0 Å². The Labute approximate surface area is 102 Å². The zero-order valence-corrected chi connectivity index (χ0v) is 11.2. The van der Waals surface area contributed by atoms with Crippen LogP contribution in [0.1, 0.15) is 31.9 Å². The Morgan fingerprint density at radius 1 is 0.938 bits per heavy atom. The van der Waals surface area contributed by atoms with Crippen LogP contribution in [-0.2, 0) is 5.41 Å². The molecule has 1 aromatic carbocycles. The highest BCUT2D eigenvalue weighted by atomic mass is 32.1. The zero-order chi connectivity index (χ0) is 11.8. The molecule has 2 rings (SSSR count). The highest BCUT2D eigenvalue weighted by molar-refractivity contribution is 7.13. The Balaban J connectivity index is 2.37. The van der Waals surface area contributed by atoms with Crippen LogP contribution in [0.15, 0.2) is 35.7 Å². The van der Waals surface area contributed by atoms with E-state index < -0.39 is 0 Å². The van der Waals surface area contributed by atoms with Gasteiger partial charge >= 0.3 is 0 Å². The van der Waals surface area contributed by atoms with Crippen LogP contribution in [0.3, 0.4) is 0 Å². The van der Waals surface area contributed by atoms with Gasteiger partial charge in [0.15, 0.2) is 0 Å². The smallest absolute Gasteiger partial charge is 0.0371 e. The molecule has 2 aromatic rings. The van der Waals surface area contributed by atoms with Crippen molar-refractivity contribution in [2.45, 2.75) is 33.1 Å². The summed E-state index contributed by atoms with van der Waals surface area (Å²) < 4.78 is 0. The molecule has 0 fully saturated rings. The molecule has 0 radical (unpaired) electrons. The van der Waals surface area contributed by atoms with E-state index in [-0.39, 0.29) is 5.41 Å². The summed E-state index contributed by atoms with van der Waals surface area (Å²) in [5, 5.41) is 2.16. The predicted molar refractivity (Wildman–Crippen MR) is 73.2 cm³/mol. The molecular formula is C15H18S. The molecule has 0 spiro atoms. The number of benzene rings is 1. The van der Waals surface area contributed by atoms with Gasteiger partial charge in [-0.2, -0.15) is 0 Å². The van der Waals surface area contributed by atoms with Crippen molar-refractivity contribution >= 4 is 11.3 Å². The van der Waals surface area contributed by atoms with Crippen LogP contribution in [0.5, 0.6) is 0 Å². The first kappa shape index (κ1) is 11.4. The second-order valence-corrected chi connectivity index (χ2v) is 6.18. The van der Waals surface area contributed by atoms with Gasteiger partial charge in [-0.3, -0.25) is 0 Å². The molecule has 84 valence electrons. The third-order valence-corrected chi connectivity index (χ3v) is 3.94. The van der Waals surface area contributed by atoms with Gasteiger partial charge in [0.25, 0.3) is 0 Å². The van der Waals surface area contributed by atoms with Gasteiger partial charge in [0.05, 0.1) is 0 Å². The normalized spacial score (nSPS) is 11.8. The van der Waals surface area contributed by atoms with Crippen LogP contribution in [-0.4, -0.2) is 0 Å². The maximum absolute atomic E-state index is 2.25. The molecule has 0 nitrogen and oxygen atoms in total. The van der Waals surface area contributed by atoms with Crippen molar-refractivity contribution in [1.82, 2.24) is 0 Å². The van der Waals surface area contributed by atoms with Gasteiger partial charge in [-0.15, -0.1) is 11.3 Å². The predicted octanol–water partition coefficient (Wildman–Crippen LogP) is 5.02. The molecule has 0 aliphatic heterocycles. The summed E-state index contributed by atoms with van der Waals surface area (Å²) in [6.45, 7) is 8.92. The first-order chi connectivity index (χ1) is 7.48. The van der Waals surface area contributed by atoms with E-state index in [1.807, 2.05) is 11.3 Å². The van der Waals surface area contributed by atoms with Crippen molar-refractivity contribution in [3.05, 3.63) is 46.8 Å². The number of hydrogen-bond donors (Lipinski definition) is 0. The first-order valence-corrected chi connectivity index (χ1v) is 6.51. The molecule has 1 aromatic heterocycles. The maximum Gasteiger partial charge on any atom is 0.0371 e. The Kier molecular flexibility index (Phi) is 2.90. The molecule has 0 saturated heterocycles. The Morgan fingerprint density at radius 2 is 1.56 bits per heavy atom. The van der Waals surface area contributed by atoms with Gasteiger partial charge in [-0.1, -0.05) is 45.0 Å². The van der Waals surface area contributed by atoms with Gasteiger partial charge in [0.1, 0.15) is 0 Å². The molecule has 0 unspecified atom stereocenters. The van der Waals surface area contributed by atoms with E-state index in [1.165, 1.54) is 21.6 Å². The van der Waals surface area contributed by atoms with Crippen molar-refractivity contribution in [3.8, 4) is 10.4 Å². The largest absolute Gasteiger partial charge is 0.144 e. The molecule has 0 atom stereocenters. The number of aryl methyl sites for hydroxylation is 1. The summed E-state index contributed by atoms with van der Waals surface area (Å²) in [6, 6.07) is 11.1. The molecule has 0 saturated carbocycles. The minimum Gasteiger partial charge on any atom is -0.144 e. The van der Waals surface area contributed by atoms with Crippen LogP contribution >= 0.6 is 11.3 Å². The molecule has 16 heavy (non-hydrogen) atoms. The quantitative estimate of drug-likeness (QED) is 0.645. The highest BCUT2D eigenvalue weighted by Gasteiger charge is 2.13. The third-order valence-electron chi connectivity index (χ3n) is 2.88. The average molecular weight is 230 g/mol. The Morgan fingerprint density at radius 3 is 2.00 bits per heavy atom. The lowest BCUT2D eigenvalue weighted by molar-refractivity contribution is 0.590. The van der Waals surface area contributed by atoms with E-state index in [0.29, 0.717) is 0 Å². The van der Waals surface area contributed by atoms with E-state index in [9.17, 15) is 0 Å². The fourth-order valence-corrected chi connectivity index (χ4v) is 2.72. The number of thiophene rings is 1. The second-order valence-electron chi connectivity index (χ2n) is 5.26. The minimum atomic E-state index is 0.239. The van der Waals surface area contributed by atoms with Gasteiger partial charge in [-0.05, 0) is 40.5 Å². The van der Waals surface area contributed by atoms with E-state index >= 15 is 0 Å². The van der Waals surface area contributed by atoms with E-state index in [4.69, 9.17) is 0 Å². The summed E-state index contributed by atoms with van der Waals surface area (Å²) in [7, 11) is 0. The standard InChI is InChI=1S/C15H18S/c1-11-9-10-16-14(11)12-5-7-13(8-6-12)15(2,3)4/h5-10H,1-4H3. The summed E-state index contributed by atoms with van der Waals surface area (Å²) in [5.74, 6) is 0. The molecular weight excluding hydrogens is 212 g/mol. The van der Waals surface area contributed by atoms with Crippen molar-refractivity contribution in [2.24, 2.45) is 0 Å². The lowest BCUT2D eigenvalue weighted by Crippen LogP contribution is -2.10. The van der Waals surface area contributed by atoms with Crippen molar-refractivity contribution in [2.75, 3.05) is 0 Å². The topological polar surface area (TPSA) is 0 Å². The summed E-state index contributed by atoms with van der Waals surface area (Å²) in [5.41, 5.74) is 4.34. The van der Waals surface area contributed by atoms with Crippen LogP contribution in [0.2, 0.25) is 0 Å². The van der Waals surface area contributed by atoms with Crippen molar-refractivity contribution < 1.29 is 0 Å². The van der Waals surface area contributed by atoms with E-state index in [1.54, 1.807) is 0 Å². The minimum absolute atomic E-state index is 0.239. The third kappa shape index (κ3) is 2.19. The second kappa shape index (κ2) is 4.06. The van der Waals surface area contributed by atoms with Crippen LogP contribution in [0, 0.1) is 6.92 Å². The monoisotopic (exact) mass is 230 g/mol. The average Bonchev–Trinajstić information content (AvgIpc) is 2.63. The highest BCUT2D eigenvalue weighted by Crippen LogP contribution is 2.31. The lowest BCUT2D eigenvalue weighted by atomic mass is 9.86. The van der Waals surface area contributed by atoms with Crippen molar-refractivity contribution in [3.63, 3.8) is 0 Å². The summed E-state index contributed by atoms with van der Waals surface area (Å²) in [6.07, 6.45) is 0. The molecule has 0 bridgehead atoms. The molecule has 1 heteroatoms. The molecule has 0 aliphatic rings. The van der Waals surface area contributed by atoms with Crippen LogP contribution in [0.25, 0.3) is 10.4 Å². The van der Waals surface area contributed by atoms with Gasteiger partial charge in [0.2, 0.25) is 0 Å². The SMILES string of the molecule is Cc1ccsc1-c1ccc(C(C)(C)C)cc1. The van der Waals surface area contributed by atoms with Gasteiger partial charge in [0, 0.05) is 4.88 Å².